The number of ether oxygens (including phenoxy) is 1. The van der Waals surface area contributed by atoms with E-state index in [1.807, 2.05) is 18.2 Å². The van der Waals surface area contributed by atoms with E-state index in [4.69, 9.17) is 4.74 Å². The van der Waals surface area contributed by atoms with E-state index < -0.39 is 0 Å². The van der Waals surface area contributed by atoms with E-state index in [-0.39, 0.29) is 5.78 Å². The van der Waals surface area contributed by atoms with E-state index in [0.717, 1.165) is 37.6 Å². The minimum Gasteiger partial charge on any atom is -0.497 e. The predicted octanol–water partition coefficient (Wildman–Crippen LogP) is 3.10. The number of nitrogens with zero attached hydrogens (tertiary/aromatic N) is 3. The van der Waals surface area contributed by atoms with Gasteiger partial charge in [-0.15, -0.1) is 0 Å². The van der Waals surface area contributed by atoms with Crippen LogP contribution in [-0.2, 0) is 0 Å². The Balaban J connectivity index is 1.74. The lowest BCUT2D eigenvalue weighted by atomic mass is 10.1. The first kappa shape index (κ1) is 16.8. The lowest BCUT2D eigenvalue weighted by Gasteiger charge is -2.37. The molecule has 0 atom stereocenters. The van der Waals surface area contributed by atoms with Crippen LogP contribution in [0.15, 0.2) is 42.5 Å². The van der Waals surface area contributed by atoms with Crippen LogP contribution in [0.1, 0.15) is 22.8 Å². The number of carbonyl (C=O) groups is 1. The zero-order chi connectivity index (χ0) is 17.8. The predicted molar refractivity (Wildman–Crippen MR) is 98.6 cm³/mol. The van der Waals surface area contributed by atoms with Gasteiger partial charge in [0.25, 0.3) is 0 Å². The molecule has 1 aliphatic heterocycles. The molecule has 25 heavy (non-hydrogen) atoms. The van der Waals surface area contributed by atoms with Gasteiger partial charge < -0.3 is 14.5 Å². The minimum atomic E-state index is 0.0163. The van der Waals surface area contributed by atoms with Crippen LogP contribution in [0.25, 0.3) is 0 Å². The van der Waals surface area contributed by atoms with Crippen LogP contribution < -0.4 is 14.5 Å². The summed E-state index contributed by atoms with van der Waals surface area (Å²) in [4.78, 5) is 16.2. The molecule has 0 amide bonds. The molecule has 5 heteroatoms. The van der Waals surface area contributed by atoms with Gasteiger partial charge in [0.1, 0.15) is 11.8 Å². The van der Waals surface area contributed by atoms with Gasteiger partial charge in [0.05, 0.1) is 18.4 Å². The summed E-state index contributed by atoms with van der Waals surface area (Å²) < 4.78 is 5.20. The quantitative estimate of drug-likeness (QED) is 0.804. The van der Waals surface area contributed by atoms with Crippen molar-refractivity contribution in [2.24, 2.45) is 0 Å². The van der Waals surface area contributed by atoms with Crippen molar-refractivity contribution in [3.05, 3.63) is 53.6 Å². The molecule has 1 saturated heterocycles. The number of piperazine rings is 1. The molecule has 1 fully saturated rings. The Kier molecular flexibility index (Phi) is 4.90. The number of hydrogen-bond donors (Lipinski definition) is 0. The van der Waals surface area contributed by atoms with Gasteiger partial charge in [-0.1, -0.05) is 0 Å². The molecule has 1 heterocycles. The Morgan fingerprint density at radius 2 is 1.68 bits per heavy atom. The third-order valence-electron chi connectivity index (χ3n) is 4.58. The second-order valence-electron chi connectivity index (χ2n) is 6.07. The van der Waals surface area contributed by atoms with Gasteiger partial charge in [-0.25, -0.2) is 0 Å². The summed E-state index contributed by atoms with van der Waals surface area (Å²) in [6.45, 7) is 4.89. The lowest BCUT2D eigenvalue weighted by molar-refractivity contribution is 0.101. The lowest BCUT2D eigenvalue weighted by Crippen LogP contribution is -2.46. The monoisotopic (exact) mass is 335 g/mol. The van der Waals surface area contributed by atoms with Crippen molar-refractivity contribution in [3.8, 4) is 11.8 Å². The molecule has 2 aromatic carbocycles. The zero-order valence-electron chi connectivity index (χ0n) is 14.5. The summed E-state index contributed by atoms with van der Waals surface area (Å²) >= 11 is 0. The minimum absolute atomic E-state index is 0.0163. The molecule has 0 bridgehead atoms. The standard InChI is InChI=1S/C20H21N3O2/c1-15(24)16-3-4-17(14-21)20(13-16)23-11-9-22(10-12-23)18-5-7-19(25-2)8-6-18/h3-8,13H,9-12H2,1-2H3. The zero-order valence-corrected chi connectivity index (χ0v) is 14.5. The van der Waals surface area contributed by atoms with Crippen LogP contribution in [0.4, 0.5) is 11.4 Å². The van der Waals surface area contributed by atoms with Crippen LogP contribution in [0.3, 0.4) is 0 Å². The fourth-order valence-corrected chi connectivity index (χ4v) is 3.11. The summed E-state index contributed by atoms with van der Waals surface area (Å²) in [5.41, 5.74) is 3.28. The molecule has 2 aromatic rings. The van der Waals surface area contributed by atoms with Crippen LogP contribution >= 0.6 is 0 Å². The molecule has 0 aliphatic carbocycles. The maximum absolute atomic E-state index is 11.6. The van der Waals surface area contributed by atoms with Gasteiger partial charge >= 0.3 is 0 Å². The number of ketones is 1. The van der Waals surface area contributed by atoms with Crippen molar-refractivity contribution in [3.63, 3.8) is 0 Å². The normalized spacial score (nSPS) is 14.1. The number of hydrogen-bond acceptors (Lipinski definition) is 5. The number of methoxy groups -OCH3 is 1. The van der Waals surface area contributed by atoms with Crippen molar-refractivity contribution < 1.29 is 9.53 Å². The van der Waals surface area contributed by atoms with E-state index in [1.54, 1.807) is 26.2 Å². The largest absolute Gasteiger partial charge is 0.497 e. The van der Waals surface area contributed by atoms with Crippen molar-refractivity contribution >= 4 is 17.2 Å². The van der Waals surface area contributed by atoms with Gasteiger partial charge in [-0.2, -0.15) is 5.26 Å². The Morgan fingerprint density at radius 1 is 1.04 bits per heavy atom. The number of benzene rings is 2. The Bertz CT molecular complexity index is 801. The van der Waals surface area contributed by atoms with E-state index in [2.05, 4.69) is 28.0 Å². The molecule has 0 aromatic heterocycles. The van der Waals surface area contributed by atoms with E-state index >= 15 is 0 Å². The van der Waals surface area contributed by atoms with Gasteiger partial charge in [-0.3, -0.25) is 4.79 Å². The molecule has 0 saturated carbocycles. The van der Waals surface area contributed by atoms with Gasteiger partial charge in [0.2, 0.25) is 0 Å². The number of nitriles is 1. The Morgan fingerprint density at radius 3 is 2.24 bits per heavy atom. The second-order valence-corrected chi connectivity index (χ2v) is 6.07. The second kappa shape index (κ2) is 7.27. The summed E-state index contributed by atoms with van der Waals surface area (Å²) in [5, 5.41) is 9.37. The first-order valence-corrected chi connectivity index (χ1v) is 8.31. The first-order chi connectivity index (χ1) is 12.1. The molecule has 1 aliphatic rings. The van der Waals surface area contributed by atoms with Crippen molar-refractivity contribution in [1.29, 1.82) is 5.26 Å². The van der Waals surface area contributed by atoms with Gasteiger partial charge in [0, 0.05) is 37.4 Å². The maximum Gasteiger partial charge on any atom is 0.159 e. The van der Waals surface area contributed by atoms with Crippen molar-refractivity contribution in [1.82, 2.24) is 0 Å². The number of anilines is 2. The van der Waals surface area contributed by atoms with Gasteiger partial charge in [0.15, 0.2) is 5.78 Å². The number of Topliss-reactive ketones (excluding diaryl/α,β-unsaturated/α-hetero) is 1. The highest BCUT2D eigenvalue weighted by atomic mass is 16.5. The van der Waals surface area contributed by atoms with Gasteiger partial charge in [-0.05, 0) is 49.4 Å². The van der Waals surface area contributed by atoms with Crippen LogP contribution in [0.2, 0.25) is 0 Å². The fourth-order valence-electron chi connectivity index (χ4n) is 3.11. The molecule has 0 spiro atoms. The third kappa shape index (κ3) is 3.58. The topological polar surface area (TPSA) is 56.6 Å². The summed E-state index contributed by atoms with van der Waals surface area (Å²) in [6, 6.07) is 15.6. The maximum atomic E-state index is 11.6. The van der Waals surface area contributed by atoms with Crippen LogP contribution in [0, 0.1) is 11.3 Å². The molecule has 0 unspecified atom stereocenters. The van der Waals surface area contributed by atoms with E-state index in [0.29, 0.717) is 11.1 Å². The molecular formula is C20H21N3O2. The van der Waals surface area contributed by atoms with Crippen molar-refractivity contribution in [2.75, 3.05) is 43.1 Å². The Labute approximate surface area is 148 Å². The highest BCUT2D eigenvalue weighted by molar-refractivity contribution is 5.95. The Hall–Kier alpha value is -3.00. The van der Waals surface area contributed by atoms with Crippen LogP contribution in [0.5, 0.6) is 5.75 Å². The summed E-state index contributed by atoms with van der Waals surface area (Å²) in [6.07, 6.45) is 0. The summed E-state index contributed by atoms with van der Waals surface area (Å²) in [7, 11) is 1.66. The highest BCUT2D eigenvalue weighted by Crippen LogP contribution is 2.26. The first-order valence-electron chi connectivity index (χ1n) is 8.31. The number of carbonyl (C=O) groups excluding carboxylic acids is 1. The fraction of sp³-hybridized carbons (Fsp3) is 0.300. The SMILES string of the molecule is COc1ccc(N2CCN(c3cc(C(C)=O)ccc3C#N)CC2)cc1. The van der Waals surface area contributed by atoms with E-state index in [1.165, 1.54) is 5.69 Å². The van der Waals surface area contributed by atoms with E-state index in [9.17, 15) is 10.1 Å². The molecule has 128 valence electrons. The molecule has 5 nitrogen and oxygen atoms in total. The molecule has 0 radical (unpaired) electrons. The average molecular weight is 335 g/mol. The van der Waals surface area contributed by atoms with Crippen molar-refractivity contribution in [2.45, 2.75) is 6.92 Å². The van der Waals surface area contributed by atoms with Crippen LogP contribution in [-0.4, -0.2) is 39.1 Å². The molecule has 0 N–H and O–H groups in total. The molecular weight excluding hydrogens is 314 g/mol. The molecule has 3 rings (SSSR count). The number of rotatable bonds is 4. The third-order valence-corrected chi connectivity index (χ3v) is 4.58. The average Bonchev–Trinajstić information content (AvgIpc) is 2.67. The smallest absolute Gasteiger partial charge is 0.159 e. The summed E-state index contributed by atoms with van der Waals surface area (Å²) in [5.74, 6) is 0.865. The highest BCUT2D eigenvalue weighted by Gasteiger charge is 2.20.